The molecule has 0 aliphatic carbocycles. The van der Waals surface area contributed by atoms with Gasteiger partial charge in [-0.05, 0) is 48.9 Å². The van der Waals surface area contributed by atoms with E-state index in [9.17, 15) is 24.5 Å². The smallest absolute Gasteiger partial charge is 0.322 e. The zero-order chi connectivity index (χ0) is 23.8. The van der Waals surface area contributed by atoms with E-state index in [2.05, 4.69) is 21.2 Å². The third kappa shape index (κ3) is 6.31. The van der Waals surface area contributed by atoms with E-state index >= 15 is 0 Å². The number of hydrogen-bond donors (Lipinski definition) is 3. The predicted octanol–water partition coefficient (Wildman–Crippen LogP) is 3.24. The number of hydrazone groups is 1. The Morgan fingerprint density at radius 1 is 0.879 bits per heavy atom. The standard InChI is InChI=1S/C23H19N5O5/c1-15-6-10-17(11-7-15)25-21(29)19-4-2-3-5-20(19)26-22(30)23(31)27-24-14-16-8-12-18(13-9-16)28(32)33/h2-14H,1H3,(H,25,29)(H,26,30)(H,27,31)/b24-14-. The number of anilines is 2. The first-order valence-corrected chi connectivity index (χ1v) is 9.69. The van der Waals surface area contributed by atoms with Crippen LogP contribution < -0.4 is 16.1 Å². The molecule has 3 amide bonds. The highest BCUT2D eigenvalue weighted by Crippen LogP contribution is 2.18. The second-order valence-corrected chi connectivity index (χ2v) is 6.87. The molecule has 3 aromatic rings. The minimum absolute atomic E-state index is 0.0827. The lowest BCUT2D eigenvalue weighted by Crippen LogP contribution is -2.33. The van der Waals surface area contributed by atoms with Crippen molar-refractivity contribution in [1.29, 1.82) is 0 Å². The van der Waals surface area contributed by atoms with Gasteiger partial charge in [-0.25, -0.2) is 5.43 Å². The van der Waals surface area contributed by atoms with E-state index in [0.717, 1.165) is 5.56 Å². The molecule has 0 atom stereocenters. The second kappa shape index (κ2) is 10.4. The normalized spacial score (nSPS) is 10.5. The molecule has 0 saturated carbocycles. The van der Waals surface area contributed by atoms with Crippen LogP contribution in [0.25, 0.3) is 0 Å². The van der Waals surface area contributed by atoms with E-state index in [4.69, 9.17) is 0 Å². The number of rotatable bonds is 6. The fraction of sp³-hybridized carbons (Fsp3) is 0.0435. The van der Waals surface area contributed by atoms with Crippen molar-refractivity contribution >= 4 is 41.0 Å². The molecule has 0 fully saturated rings. The minimum Gasteiger partial charge on any atom is -0.322 e. The highest BCUT2D eigenvalue weighted by Gasteiger charge is 2.17. The molecule has 0 aliphatic rings. The van der Waals surface area contributed by atoms with Crippen LogP contribution in [0.5, 0.6) is 0 Å². The van der Waals surface area contributed by atoms with Crippen molar-refractivity contribution in [2.75, 3.05) is 10.6 Å². The number of carbonyl (C=O) groups excluding carboxylic acids is 3. The Bertz CT molecular complexity index is 1220. The molecule has 3 aromatic carbocycles. The predicted molar refractivity (Wildman–Crippen MR) is 123 cm³/mol. The molecular formula is C23H19N5O5. The average molecular weight is 445 g/mol. The Hall–Kier alpha value is -4.86. The summed E-state index contributed by atoms with van der Waals surface area (Å²) in [6.07, 6.45) is 1.23. The summed E-state index contributed by atoms with van der Waals surface area (Å²) in [7, 11) is 0. The van der Waals surface area contributed by atoms with Crippen LogP contribution in [0.2, 0.25) is 0 Å². The number of non-ortho nitro benzene ring substituents is 1. The highest BCUT2D eigenvalue weighted by atomic mass is 16.6. The minimum atomic E-state index is -1.05. The van der Waals surface area contributed by atoms with Crippen LogP contribution in [0, 0.1) is 17.0 Å². The summed E-state index contributed by atoms with van der Waals surface area (Å²) in [4.78, 5) is 47.1. The van der Waals surface area contributed by atoms with Crippen molar-refractivity contribution in [3.63, 3.8) is 0 Å². The maximum absolute atomic E-state index is 12.6. The summed E-state index contributed by atoms with van der Waals surface area (Å²) >= 11 is 0. The van der Waals surface area contributed by atoms with E-state index < -0.39 is 22.6 Å². The Balaban J connectivity index is 1.61. The van der Waals surface area contributed by atoms with Crippen molar-refractivity contribution < 1.29 is 19.3 Å². The second-order valence-electron chi connectivity index (χ2n) is 6.87. The van der Waals surface area contributed by atoms with Gasteiger partial charge < -0.3 is 10.6 Å². The van der Waals surface area contributed by atoms with Gasteiger partial charge in [-0.1, -0.05) is 29.8 Å². The first-order valence-electron chi connectivity index (χ1n) is 9.69. The lowest BCUT2D eigenvalue weighted by atomic mass is 10.1. The van der Waals surface area contributed by atoms with Crippen molar-refractivity contribution in [3.05, 3.63) is 99.6 Å². The molecule has 0 unspecified atom stereocenters. The van der Waals surface area contributed by atoms with E-state index in [1.165, 1.54) is 42.6 Å². The Labute approximate surface area is 188 Å². The molecule has 166 valence electrons. The van der Waals surface area contributed by atoms with Crippen molar-refractivity contribution in [1.82, 2.24) is 5.43 Å². The molecule has 0 aliphatic heterocycles. The SMILES string of the molecule is Cc1ccc(NC(=O)c2ccccc2NC(=O)C(=O)N/N=C\c2ccc([N+](=O)[O-])cc2)cc1. The largest absolute Gasteiger partial charge is 0.329 e. The van der Waals surface area contributed by atoms with Crippen LogP contribution >= 0.6 is 0 Å². The molecule has 10 nitrogen and oxygen atoms in total. The van der Waals surface area contributed by atoms with E-state index in [1.807, 2.05) is 19.1 Å². The van der Waals surface area contributed by atoms with Gasteiger partial charge in [-0.2, -0.15) is 5.10 Å². The van der Waals surface area contributed by atoms with Crippen LogP contribution in [-0.4, -0.2) is 28.9 Å². The van der Waals surface area contributed by atoms with E-state index in [0.29, 0.717) is 11.3 Å². The van der Waals surface area contributed by atoms with Crippen LogP contribution in [0.3, 0.4) is 0 Å². The number of benzene rings is 3. The number of hydrogen-bond acceptors (Lipinski definition) is 6. The van der Waals surface area contributed by atoms with Gasteiger partial charge in [0, 0.05) is 17.8 Å². The van der Waals surface area contributed by atoms with Gasteiger partial charge in [0.1, 0.15) is 0 Å². The zero-order valence-corrected chi connectivity index (χ0v) is 17.4. The molecule has 3 rings (SSSR count). The van der Waals surface area contributed by atoms with Crippen LogP contribution in [0.15, 0.2) is 77.9 Å². The third-order valence-corrected chi connectivity index (χ3v) is 4.42. The first kappa shape index (κ1) is 22.8. The maximum Gasteiger partial charge on any atom is 0.329 e. The molecule has 0 bridgehead atoms. The summed E-state index contributed by atoms with van der Waals surface area (Å²) in [5, 5.41) is 19.4. The van der Waals surface area contributed by atoms with Crippen LogP contribution in [0.1, 0.15) is 21.5 Å². The lowest BCUT2D eigenvalue weighted by Gasteiger charge is -2.11. The summed E-state index contributed by atoms with van der Waals surface area (Å²) in [6.45, 7) is 1.93. The van der Waals surface area contributed by atoms with Crippen molar-refractivity contribution in [3.8, 4) is 0 Å². The zero-order valence-electron chi connectivity index (χ0n) is 17.4. The summed E-state index contributed by atoms with van der Waals surface area (Å²) in [5.41, 5.74) is 4.43. The Morgan fingerprint density at radius 3 is 2.21 bits per heavy atom. The first-order chi connectivity index (χ1) is 15.8. The van der Waals surface area contributed by atoms with Crippen molar-refractivity contribution in [2.45, 2.75) is 6.92 Å². The van der Waals surface area contributed by atoms with Gasteiger partial charge in [0.05, 0.1) is 22.4 Å². The number of amides is 3. The maximum atomic E-state index is 12.6. The van der Waals surface area contributed by atoms with E-state index in [1.54, 1.807) is 24.3 Å². The molecule has 10 heteroatoms. The van der Waals surface area contributed by atoms with Gasteiger partial charge in [-0.3, -0.25) is 24.5 Å². The summed E-state index contributed by atoms with van der Waals surface area (Å²) in [6, 6.07) is 18.9. The molecule has 33 heavy (non-hydrogen) atoms. The third-order valence-electron chi connectivity index (χ3n) is 4.42. The quantitative estimate of drug-likeness (QED) is 0.231. The molecule has 3 N–H and O–H groups in total. The molecular weight excluding hydrogens is 426 g/mol. The number of para-hydroxylation sites is 1. The van der Waals surface area contributed by atoms with Crippen LogP contribution in [0.4, 0.5) is 17.1 Å². The molecule has 0 saturated heterocycles. The molecule has 0 heterocycles. The number of nitrogens with zero attached hydrogens (tertiary/aromatic N) is 2. The number of carbonyl (C=O) groups is 3. The summed E-state index contributed by atoms with van der Waals surface area (Å²) < 4.78 is 0. The van der Waals surface area contributed by atoms with Crippen molar-refractivity contribution in [2.24, 2.45) is 5.10 Å². The Morgan fingerprint density at radius 2 is 1.55 bits per heavy atom. The van der Waals surface area contributed by atoms with Crippen LogP contribution in [-0.2, 0) is 9.59 Å². The number of nitro groups is 1. The Kier molecular flexibility index (Phi) is 7.22. The van der Waals surface area contributed by atoms with E-state index in [-0.39, 0.29) is 16.9 Å². The van der Waals surface area contributed by atoms with Gasteiger partial charge in [0.15, 0.2) is 0 Å². The monoisotopic (exact) mass is 445 g/mol. The fourth-order valence-corrected chi connectivity index (χ4v) is 2.70. The van der Waals surface area contributed by atoms with Gasteiger partial charge >= 0.3 is 11.8 Å². The lowest BCUT2D eigenvalue weighted by molar-refractivity contribution is -0.384. The molecule has 0 spiro atoms. The number of nitro benzene ring substituents is 1. The fourth-order valence-electron chi connectivity index (χ4n) is 2.70. The summed E-state index contributed by atoms with van der Waals surface area (Å²) in [5.74, 6) is -2.53. The average Bonchev–Trinajstić information content (AvgIpc) is 2.81. The van der Waals surface area contributed by atoms with Gasteiger partial charge in [-0.15, -0.1) is 0 Å². The number of aryl methyl sites for hydroxylation is 1. The molecule has 0 radical (unpaired) electrons. The van der Waals surface area contributed by atoms with Gasteiger partial charge in [0.25, 0.3) is 11.6 Å². The highest BCUT2D eigenvalue weighted by molar-refractivity contribution is 6.40. The topological polar surface area (TPSA) is 143 Å². The number of nitrogens with one attached hydrogen (secondary N) is 3. The molecule has 0 aromatic heterocycles. The van der Waals surface area contributed by atoms with Gasteiger partial charge in [0.2, 0.25) is 0 Å².